The molecule has 0 spiro atoms. The highest BCUT2D eigenvalue weighted by Crippen LogP contribution is 2.67. The van der Waals surface area contributed by atoms with Gasteiger partial charge in [0, 0.05) is 41.6 Å². The molecule has 0 N–H and O–H groups in total. The summed E-state index contributed by atoms with van der Waals surface area (Å²) in [6.45, 7) is 3.69. The molecule has 0 radical (unpaired) electrons. The van der Waals surface area contributed by atoms with Crippen LogP contribution in [0.3, 0.4) is 0 Å². The smallest absolute Gasteiger partial charge is 0.254 e. The van der Waals surface area contributed by atoms with Crippen molar-refractivity contribution in [3.8, 4) is 11.1 Å². The zero-order valence-corrected chi connectivity index (χ0v) is 21.4. The number of carbonyl (C=O) groups excluding carboxylic acids is 1. The summed E-state index contributed by atoms with van der Waals surface area (Å²) in [5.74, 6) is -4.92. The number of nitrogens with zero attached hydrogens (tertiary/aromatic N) is 4. The van der Waals surface area contributed by atoms with Gasteiger partial charge in [-0.15, -0.1) is 0 Å². The van der Waals surface area contributed by atoms with Crippen LogP contribution in [0.5, 0.6) is 0 Å². The fraction of sp³-hybridized carbons (Fsp3) is 0.414. The summed E-state index contributed by atoms with van der Waals surface area (Å²) in [7, 11) is 0. The number of aryl methyl sites for hydroxylation is 2. The van der Waals surface area contributed by atoms with E-state index in [9.17, 15) is 22.4 Å². The minimum absolute atomic E-state index is 0.201. The van der Waals surface area contributed by atoms with Crippen molar-refractivity contribution in [1.29, 1.82) is 0 Å². The lowest BCUT2D eigenvalue weighted by Gasteiger charge is -2.36. The van der Waals surface area contributed by atoms with E-state index in [0.717, 1.165) is 34.5 Å². The van der Waals surface area contributed by atoms with Gasteiger partial charge in [-0.3, -0.25) is 4.79 Å². The first kappa shape index (κ1) is 24.4. The standard InChI is InChI=1S/C29H26F4N4O2/c1-14-27(15(2)39-35-14)16-6-9-24-23(10-16)34-28(37(24)18-11-19-20(12-18)29(19,32)33)25-4-3-5-26(38)36(25)17-7-8-21(30)22(31)13-17/h6-10,13,18-20,25H,3-5,11-12H2,1-2H3/t18?,19?,20?,25-/m1/s1. The molecular weight excluding hydrogens is 512 g/mol. The summed E-state index contributed by atoms with van der Waals surface area (Å²) < 4.78 is 63.7. The number of anilines is 1. The maximum atomic E-state index is 14.2. The second kappa shape index (κ2) is 8.40. The number of hydrogen-bond acceptors (Lipinski definition) is 4. The largest absolute Gasteiger partial charge is 0.361 e. The third kappa shape index (κ3) is 3.63. The molecule has 2 aromatic heterocycles. The predicted molar refractivity (Wildman–Crippen MR) is 135 cm³/mol. The Kier molecular flexibility index (Phi) is 5.25. The number of halogens is 4. The average molecular weight is 539 g/mol. The van der Waals surface area contributed by atoms with E-state index in [0.29, 0.717) is 42.8 Å². The summed E-state index contributed by atoms with van der Waals surface area (Å²) in [6.07, 6.45) is 2.08. The lowest BCUT2D eigenvalue weighted by Crippen LogP contribution is -2.40. The van der Waals surface area contributed by atoms with Crippen LogP contribution in [0, 0.1) is 37.3 Å². The molecule has 7 rings (SSSR count). The molecule has 3 atom stereocenters. The van der Waals surface area contributed by atoms with Gasteiger partial charge in [0.25, 0.3) is 5.92 Å². The lowest BCUT2D eigenvalue weighted by atomic mass is 9.99. The van der Waals surface area contributed by atoms with Gasteiger partial charge >= 0.3 is 0 Å². The Morgan fingerprint density at radius 2 is 1.79 bits per heavy atom. The molecule has 1 amide bonds. The zero-order valence-electron chi connectivity index (χ0n) is 21.4. The highest BCUT2D eigenvalue weighted by atomic mass is 19.3. The molecule has 2 unspecified atom stereocenters. The minimum Gasteiger partial charge on any atom is -0.361 e. The quantitative estimate of drug-likeness (QED) is 0.261. The van der Waals surface area contributed by atoms with Gasteiger partial charge in [-0.25, -0.2) is 22.5 Å². The van der Waals surface area contributed by atoms with Gasteiger partial charge < -0.3 is 14.0 Å². The average Bonchev–Trinajstić information content (AvgIpc) is 3.38. The van der Waals surface area contributed by atoms with Crippen LogP contribution in [0.4, 0.5) is 23.2 Å². The van der Waals surface area contributed by atoms with E-state index in [1.54, 1.807) is 0 Å². The van der Waals surface area contributed by atoms with Crippen molar-refractivity contribution < 1.29 is 26.9 Å². The number of piperidine rings is 1. The molecule has 4 aromatic rings. The highest BCUT2D eigenvalue weighted by Gasteiger charge is 2.71. The monoisotopic (exact) mass is 538 g/mol. The van der Waals surface area contributed by atoms with Gasteiger partial charge in [0.2, 0.25) is 5.91 Å². The molecule has 3 heterocycles. The van der Waals surface area contributed by atoms with Crippen LogP contribution in [-0.4, -0.2) is 26.5 Å². The van der Waals surface area contributed by atoms with Crippen molar-refractivity contribution in [2.24, 2.45) is 11.8 Å². The van der Waals surface area contributed by atoms with Gasteiger partial charge in [0.05, 0.1) is 22.8 Å². The van der Waals surface area contributed by atoms with Gasteiger partial charge in [-0.2, -0.15) is 0 Å². The van der Waals surface area contributed by atoms with E-state index < -0.39 is 35.4 Å². The number of benzene rings is 2. The molecule has 2 saturated carbocycles. The van der Waals surface area contributed by atoms with Crippen LogP contribution in [0.2, 0.25) is 0 Å². The predicted octanol–water partition coefficient (Wildman–Crippen LogP) is 7.06. The van der Waals surface area contributed by atoms with Gasteiger partial charge in [0.1, 0.15) is 11.6 Å². The Hall–Kier alpha value is -3.69. The number of rotatable bonds is 4. The van der Waals surface area contributed by atoms with Crippen molar-refractivity contribution in [1.82, 2.24) is 14.7 Å². The van der Waals surface area contributed by atoms with Crippen LogP contribution in [0.25, 0.3) is 22.2 Å². The highest BCUT2D eigenvalue weighted by molar-refractivity contribution is 5.95. The number of carbonyl (C=O) groups is 1. The summed E-state index contributed by atoms with van der Waals surface area (Å²) >= 11 is 0. The molecular formula is C29H26F4N4O2. The number of fused-ring (bicyclic) bond motifs is 2. The topological polar surface area (TPSA) is 64.2 Å². The Labute approximate surface area is 221 Å². The van der Waals surface area contributed by atoms with Crippen molar-refractivity contribution in [2.45, 2.75) is 64.0 Å². The first-order valence-electron chi connectivity index (χ1n) is 13.2. The third-order valence-electron chi connectivity index (χ3n) is 8.75. The molecule has 10 heteroatoms. The summed E-state index contributed by atoms with van der Waals surface area (Å²) in [4.78, 5) is 19.7. The summed E-state index contributed by atoms with van der Waals surface area (Å²) in [6, 6.07) is 8.48. The van der Waals surface area contributed by atoms with Gasteiger partial charge in [0.15, 0.2) is 11.6 Å². The summed E-state index contributed by atoms with van der Waals surface area (Å²) in [5, 5.41) is 4.05. The first-order chi connectivity index (χ1) is 18.6. The number of imidazole rings is 1. The normalized spacial score (nSPS) is 25.9. The molecule has 0 bridgehead atoms. The second-order valence-corrected chi connectivity index (χ2v) is 11.0. The first-order valence-corrected chi connectivity index (χ1v) is 13.2. The van der Waals surface area contributed by atoms with Gasteiger partial charge in [-0.1, -0.05) is 11.2 Å². The zero-order chi connectivity index (χ0) is 27.2. The van der Waals surface area contributed by atoms with E-state index in [4.69, 9.17) is 9.51 Å². The van der Waals surface area contributed by atoms with Gasteiger partial charge in [-0.05, 0) is 69.4 Å². The Balaban J connectivity index is 1.38. The Bertz CT molecular complexity index is 1610. The van der Waals surface area contributed by atoms with Crippen molar-refractivity contribution in [3.63, 3.8) is 0 Å². The fourth-order valence-electron chi connectivity index (χ4n) is 6.86. The molecule has 1 saturated heterocycles. The second-order valence-electron chi connectivity index (χ2n) is 11.0. The third-order valence-corrected chi connectivity index (χ3v) is 8.75. The van der Waals surface area contributed by atoms with E-state index in [1.807, 2.05) is 36.6 Å². The molecule has 6 nitrogen and oxygen atoms in total. The molecule has 2 aromatic carbocycles. The molecule has 1 aliphatic heterocycles. The summed E-state index contributed by atoms with van der Waals surface area (Å²) in [5.41, 5.74) is 4.18. The maximum absolute atomic E-state index is 14.2. The lowest BCUT2D eigenvalue weighted by molar-refractivity contribution is -0.120. The number of hydrogen-bond donors (Lipinski definition) is 0. The van der Waals surface area contributed by atoms with E-state index >= 15 is 0 Å². The molecule has 3 aliphatic rings. The van der Waals surface area contributed by atoms with Crippen LogP contribution in [-0.2, 0) is 4.79 Å². The molecule has 202 valence electrons. The molecule has 2 aliphatic carbocycles. The number of amides is 1. The fourth-order valence-corrected chi connectivity index (χ4v) is 6.86. The van der Waals surface area contributed by atoms with Crippen molar-refractivity contribution >= 4 is 22.6 Å². The number of aromatic nitrogens is 3. The van der Waals surface area contributed by atoms with E-state index in [1.165, 1.54) is 11.0 Å². The maximum Gasteiger partial charge on any atom is 0.254 e. The van der Waals surface area contributed by atoms with E-state index in [2.05, 4.69) is 5.16 Å². The van der Waals surface area contributed by atoms with E-state index in [-0.39, 0.29) is 24.1 Å². The molecule has 39 heavy (non-hydrogen) atoms. The van der Waals surface area contributed by atoms with Crippen LogP contribution < -0.4 is 4.90 Å². The van der Waals surface area contributed by atoms with Crippen LogP contribution in [0.15, 0.2) is 40.9 Å². The Morgan fingerprint density at radius 3 is 2.49 bits per heavy atom. The SMILES string of the molecule is Cc1noc(C)c1-c1ccc2c(c1)nc([C@H]1CCCC(=O)N1c1ccc(F)c(F)c1)n2C1CC2C(C1)C2(F)F. The van der Waals surface area contributed by atoms with Crippen molar-refractivity contribution in [3.05, 3.63) is 65.3 Å². The Morgan fingerprint density at radius 1 is 1.03 bits per heavy atom. The van der Waals surface area contributed by atoms with Crippen LogP contribution >= 0.6 is 0 Å². The number of alkyl halides is 2. The minimum atomic E-state index is -2.62. The molecule has 3 fully saturated rings. The van der Waals surface area contributed by atoms with Crippen molar-refractivity contribution in [2.75, 3.05) is 4.90 Å². The van der Waals surface area contributed by atoms with Crippen LogP contribution in [0.1, 0.15) is 61.5 Å².